The van der Waals surface area contributed by atoms with Gasteiger partial charge in [-0.05, 0) is 74.7 Å². The smallest absolute Gasteiger partial charge is 0.268 e. The molecule has 0 bridgehead atoms. The number of aromatic nitrogens is 4. The second kappa shape index (κ2) is 9.87. The molecule has 1 aliphatic heterocycles. The number of fused-ring (bicyclic) bond motifs is 1. The van der Waals surface area contributed by atoms with Crippen LogP contribution in [0, 0.1) is 0 Å². The van der Waals surface area contributed by atoms with Crippen molar-refractivity contribution in [2.75, 3.05) is 11.9 Å². The molecular formula is C27H28N6O3S. The molecule has 4 aromatic rings. The number of rotatable bonds is 7. The minimum atomic E-state index is -1.03. The van der Waals surface area contributed by atoms with Crippen molar-refractivity contribution in [3.05, 3.63) is 71.8 Å². The molecule has 0 saturated carbocycles. The Kier molecular flexibility index (Phi) is 6.61. The molecule has 1 saturated heterocycles. The number of carbonyl (C=O) groups excluding carboxylic acids is 2. The second-order valence-electron chi connectivity index (χ2n) is 9.57. The van der Waals surface area contributed by atoms with Crippen LogP contribution < -0.4 is 5.32 Å². The molecule has 0 aliphatic carbocycles. The number of carbonyl (C=O) groups is 2. The van der Waals surface area contributed by atoms with Crippen molar-refractivity contribution >= 4 is 40.1 Å². The molecule has 2 amide bonds. The van der Waals surface area contributed by atoms with E-state index in [1.165, 1.54) is 17.4 Å². The number of aliphatic hydroxyl groups is 1. The molecule has 1 fully saturated rings. The van der Waals surface area contributed by atoms with Crippen molar-refractivity contribution < 1.29 is 14.7 Å². The highest BCUT2D eigenvalue weighted by Crippen LogP contribution is 2.30. The highest BCUT2D eigenvalue weighted by atomic mass is 32.1. The van der Waals surface area contributed by atoms with Crippen LogP contribution in [0.4, 0.5) is 5.95 Å². The summed E-state index contributed by atoms with van der Waals surface area (Å²) >= 11 is 1.32. The van der Waals surface area contributed by atoms with Crippen LogP contribution in [-0.4, -0.2) is 54.2 Å². The van der Waals surface area contributed by atoms with Crippen LogP contribution in [0.3, 0.4) is 0 Å². The van der Waals surface area contributed by atoms with E-state index in [0.29, 0.717) is 35.1 Å². The Balaban J connectivity index is 1.49. The van der Waals surface area contributed by atoms with Gasteiger partial charge < -0.3 is 14.6 Å². The fourth-order valence-corrected chi connectivity index (χ4v) is 5.49. The zero-order valence-corrected chi connectivity index (χ0v) is 21.5. The maximum Gasteiger partial charge on any atom is 0.268 e. The van der Waals surface area contributed by atoms with Gasteiger partial charge in [0.1, 0.15) is 5.69 Å². The van der Waals surface area contributed by atoms with Crippen LogP contribution in [0.5, 0.6) is 0 Å². The fraction of sp³-hybridized carbons (Fsp3) is 0.296. The lowest BCUT2D eigenvalue weighted by molar-refractivity contribution is -0.126. The first-order valence-electron chi connectivity index (χ1n) is 12.1. The largest absolute Gasteiger partial charge is 0.386 e. The summed E-state index contributed by atoms with van der Waals surface area (Å²) in [7, 11) is 0. The van der Waals surface area contributed by atoms with Gasteiger partial charge in [0.05, 0.1) is 32.4 Å². The first-order valence-corrected chi connectivity index (χ1v) is 12.9. The Bertz CT molecular complexity index is 1470. The van der Waals surface area contributed by atoms with Gasteiger partial charge in [-0.3, -0.25) is 14.9 Å². The molecule has 10 heteroatoms. The summed E-state index contributed by atoms with van der Waals surface area (Å²) in [4.78, 5) is 33.6. The Labute approximate surface area is 218 Å². The molecule has 0 radical (unpaired) electrons. The maximum atomic E-state index is 13.3. The highest BCUT2D eigenvalue weighted by Gasteiger charge is 2.29. The number of hydrogen-bond donors (Lipinski definition) is 2. The van der Waals surface area contributed by atoms with Crippen molar-refractivity contribution in [2.24, 2.45) is 0 Å². The topological polar surface area (TPSA) is 113 Å². The summed E-state index contributed by atoms with van der Waals surface area (Å²) < 4.78 is 1.94. The molecule has 0 unspecified atom stereocenters. The summed E-state index contributed by atoms with van der Waals surface area (Å²) in [6, 6.07) is 12.8. The van der Waals surface area contributed by atoms with E-state index >= 15 is 0 Å². The lowest BCUT2D eigenvalue weighted by Gasteiger charge is -2.25. The quantitative estimate of drug-likeness (QED) is 0.356. The summed E-state index contributed by atoms with van der Waals surface area (Å²) in [6.45, 7) is 8.22. The van der Waals surface area contributed by atoms with E-state index in [0.717, 1.165) is 28.8 Å². The summed E-state index contributed by atoms with van der Waals surface area (Å²) in [5.74, 6) is 0.00190. The molecule has 4 heterocycles. The number of likely N-dealkylation sites (tertiary alicyclic amines) is 1. The Morgan fingerprint density at radius 2 is 2.11 bits per heavy atom. The van der Waals surface area contributed by atoms with Crippen LogP contribution >= 0.6 is 11.3 Å². The predicted molar refractivity (Wildman–Crippen MR) is 143 cm³/mol. The van der Waals surface area contributed by atoms with Crippen LogP contribution in [0.25, 0.3) is 21.6 Å². The van der Waals surface area contributed by atoms with Crippen molar-refractivity contribution in [2.45, 2.75) is 44.9 Å². The summed E-state index contributed by atoms with van der Waals surface area (Å²) in [6.07, 6.45) is 4.70. The molecule has 2 N–H and O–H groups in total. The van der Waals surface area contributed by atoms with Crippen LogP contribution in [0.1, 0.15) is 41.9 Å². The third-order valence-corrected chi connectivity index (χ3v) is 7.67. The van der Waals surface area contributed by atoms with Crippen LogP contribution in [0.2, 0.25) is 0 Å². The van der Waals surface area contributed by atoms with Gasteiger partial charge in [0.25, 0.3) is 5.91 Å². The fourth-order valence-electron chi connectivity index (χ4n) is 4.63. The molecule has 1 atom stereocenters. The molecule has 9 nitrogen and oxygen atoms in total. The number of anilines is 1. The lowest BCUT2D eigenvalue weighted by Crippen LogP contribution is -2.37. The molecule has 5 rings (SSSR count). The van der Waals surface area contributed by atoms with Crippen LogP contribution in [0.15, 0.2) is 61.3 Å². The van der Waals surface area contributed by atoms with E-state index in [1.54, 1.807) is 32.2 Å². The summed E-state index contributed by atoms with van der Waals surface area (Å²) in [5, 5.41) is 21.5. The Morgan fingerprint density at radius 1 is 1.27 bits per heavy atom. The van der Waals surface area contributed by atoms with E-state index in [2.05, 4.69) is 22.1 Å². The van der Waals surface area contributed by atoms with Gasteiger partial charge in [0.15, 0.2) is 0 Å². The normalized spacial score (nSPS) is 15.8. The number of nitrogens with zero attached hydrogens (tertiary/aromatic N) is 5. The minimum absolute atomic E-state index is 0.0440. The number of imidazole rings is 1. The molecule has 1 aromatic carbocycles. The van der Waals surface area contributed by atoms with E-state index in [1.807, 2.05) is 39.8 Å². The number of nitrogens with one attached hydrogen (secondary N) is 1. The third kappa shape index (κ3) is 5.03. The molecular weight excluding hydrogens is 488 g/mol. The van der Waals surface area contributed by atoms with E-state index in [9.17, 15) is 14.7 Å². The standard InChI is InChI=1S/C27H28N6O3S/c1-4-24(34)32-14-6-7-18(32)16-33-21-10-9-17(27(2,3)36)15-20(21)29-26(33)30-25(35)23-12-11-22(37-23)19-8-5-13-28-31-19/h4-5,8-13,15,18,36H,1,6-7,14,16H2,2-3H3,(H,29,30,35)/t18-/m1/s1. The zero-order valence-electron chi connectivity index (χ0n) is 20.7. The van der Waals surface area contributed by atoms with Gasteiger partial charge in [-0.25, -0.2) is 4.98 Å². The van der Waals surface area contributed by atoms with Gasteiger partial charge in [0.2, 0.25) is 11.9 Å². The van der Waals surface area contributed by atoms with E-state index in [4.69, 9.17) is 4.98 Å². The first kappa shape index (κ1) is 24.8. The van der Waals surface area contributed by atoms with Crippen molar-refractivity contribution in [1.82, 2.24) is 24.6 Å². The van der Waals surface area contributed by atoms with Crippen molar-refractivity contribution in [1.29, 1.82) is 0 Å². The maximum absolute atomic E-state index is 13.3. The molecule has 3 aromatic heterocycles. The third-order valence-electron chi connectivity index (χ3n) is 6.56. The van der Waals surface area contributed by atoms with Gasteiger partial charge in [0, 0.05) is 19.3 Å². The van der Waals surface area contributed by atoms with E-state index in [-0.39, 0.29) is 17.9 Å². The Hall–Kier alpha value is -3.89. The number of hydrogen-bond acceptors (Lipinski definition) is 7. The van der Waals surface area contributed by atoms with Gasteiger partial charge in [-0.15, -0.1) is 16.4 Å². The number of benzene rings is 1. The average Bonchev–Trinajstić information content (AvgIpc) is 3.63. The second-order valence-corrected chi connectivity index (χ2v) is 10.7. The zero-order chi connectivity index (χ0) is 26.2. The predicted octanol–water partition coefficient (Wildman–Crippen LogP) is 4.21. The molecule has 190 valence electrons. The molecule has 37 heavy (non-hydrogen) atoms. The van der Waals surface area contributed by atoms with Gasteiger partial charge >= 0.3 is 0 Å². The monoisotopic (exact) mass is 516 g/mol. The minimum Gasteiger partial charge on any atom is -0.386 e. The SMILES string of the molecule is C=CC(=O)N1CCC[C@@H]1Cn1c(NC(=O)c2ccc(-c3cccnn3)s2)nc2cc(C(C)(C)O)ccc21. The van der Waals surface area contributed by atoms with Crippen molar-refractivity contribution in [3.8, 4) is 10.6 Å². The van der Waals surface area contributed by atoms with E-state index < -0.39 is 5.60 Å². The number of amides is 2. The van der Waals surface area contributed by atoms with Gasteiger partial charge in [-0.2, -0.15) is 5.10 Å². The highest BCUT2D eigenvalue weighted by molar-refractivity contribution is 7.17. The average molecular weight is 517 g/mol. The van der Waals surface area contributed by atoms with Crippen molar-refractivity contribution in [3.63, 3.8) is 0 Å². The lowest BCUT2D eigenvalue weighted by atomic mass is 9.98. The molecule has 0 spiro atoms. The first-order chi connectivity index (χ1) is 17.7. The molecule has 1 aliphatic rings. The number of thiophene rings is 1. The summed E-state index contributed by atoms with van der Waals surface area (Å²) in [5.41, 5.74) is 1.85. The van der Waals surface area contributed by atoms with Crippen LogP contribution in [-0.2, 0) is 16.9 Å². The Morgan fingerprint density at radius 3 is 2.84 bits per heavy atom. The van der Waals surface area contributed by atoms with Gasteiger partial charge in [-0.1, -0.05) is 12.6 Å².